The first-order valence-corrected chi connectivity index (χ1v) is 9.85. The van der Waals surface area contributed by atoms with Gasteiger partial charge in [-0.3, -0.25) is 9.59 Å². The van der Waals surface area contributed by atoms with Crippen molar-refractivity contribution < 1.29 is 18.7 Å². The van der Waals surface area contributed by atoms with Crippen LogP contribution in [0.4, 0.5) is 4.39 Å². The molecule has 2 amide bonds. The molecule has 4 rings (SSSR count). The summed E-state index contributed by atoms with van der Waals surface area (Å²) in [5.74, 6) is -0.295. The quantitative estimate of drug-likeness (QED) is 0.793. The van der Waals surface area contributed by atoms with Gasteiger partial charge in [0.1, 0.15) is 11.9 Å². The van der Waals surface area contributed by atoms with Crippen LogP contribution in [0.5, 0.6) is 0 Å². The molecule has 1 fully saturated rings. The minimum atomic E-state index is -0.281. The number of hydrogen-bond acceptors (Lipinski definition) is 4. The van der Waals surface area contributed by atoms with E-state index < -0.39 is 0 Å². The average Bonchev–Trinajstić information content (AvgIpc) is 3.16. The Morgan fingerprint density at radius 1 is 1.17 bits per heavy atom. The molecular formula is C21H25FN4O3. The van der Waals surface area contributed by atoms with Crippen molar-refractivity contribution in [1.29, 1.82) is 0 Å². The van der Waals surface area contributed by atoms with E-state index in [1.807, 2.05) is 4.57 Å². The maximum atomic E-state index is 13.2. The second kappa shape index (κ2) is 7.94. The van der Waals surface area contributed by atoms with Gasteiger partial charge in [0.15, 0.2) is 5.69 Å². The number of carbonyl (C=O) groups is 2. The second-order valence-corrected chi connectivity index (χ2v) is 7.84. The van der Waals surface area contributed by atoms with Gasteiger partial charge < -0.3 is 19.1 Å². The number of ether oxygens (including phenoxy) is 1. The van der Waals surface area contributed by atoms with Crippen LogP contribution in [0.3, 0.4) is 0 Å². The van der Waals surface area contributed by atoms with Gasteiger partial charge in [-0.15, -0.1) is 0 Å². The predicted octanol–water partition coefficient (Wildman–Crippen LogP) is 2.23. The summed E-state index contributed by atoms with van der Waals surface area (Å²) in [6.45, 7) is 1.90. The summed E-state index contributed by atoms with van der Waals surface area (Å²) in [5, 5.41) is 0. The largest absolute Gasteiger partial charge is 0.365 e. The first kappa shape index (κ1) is 19.6. The molecule has 0 radical (unpaired) electrons. The van der Waals surface area contributed by atoms with Crippen molar-refractivity contribution in [3.8, 4) is 0 Å². The summed E-state index contributed by atoms with van der Waals surface area (Å²) in [7, 11) is 3.52. The van der Waals surface area contributed by atoms with Gasteiger partial charge in [-0.05, 0) is 30.5 Å². The molecule has 2 aromatic rings. The highest BCUT2D eigenvalue weighted by molar-refractivity contribution is 5.93. The fourth-order valence-electron chi connectivity index (χ4n) is 4.03. The van der Waals surface area contributed by atoms with E-state index in [0.29, 0.717) is 38.2 Å². The molecule has 1 aromatic heterocycles. The minimum Gasteiger partial charge on any atom is -0.365 e. The molecule has 1 atom stereocenters. The number of halogens is 1. The Morgan fingerprint density at radius 2 is 1.86 bits per heavy atom. The number of benzene rings is 1. The lowest BCUT2D eigenvalue weighted by Gasteiger charge is -2.32. The van der Waals surface area contributed by atoms with E-state index in [0.717, 1.165) is 11.3 Å². The van der Waals surface area contributed by atoms with Crippen molar-refractivity contribution in [2.24, 2.45) is 5.92 Å². The van der Waals surface area contributed by atoms with Gasteiger partial charge in [-0.25, -0.2) is 9.37 Å². The Hall–Kier alpha value is -2.74. The molecule has 1 unspecified atom stereocenters. The molecule has 8 heteroatoms. The summed E-state index contributed by atoms with van der Waals surface area (Å²) in [6.07, 6.45) is 2.81. The van der Waals surface area contributed by atoms with E-state index in [1.54, 1.807) is 42.4 Å². The van der Waals surface area contributed by atoms with Crippen molar-refractivity contribution in [3.05, 3.63) is 53.4 Å². The number of likely N-dealkylation sites (tertiary alicyclic amines) is 1. The minimum absolute atomic E-state index is 0.0234. The number of amides is 2. The van der Waals surface area contributed by atoms with E-state index in [-0.39, 0.29) is 36.3 Å². The molecule has 2 aliphatic rings. The van der Waals surface area contributed by atoms with Gasteiger partial charge in [0.05, 0.1) is 25.2 Å². The highest BCUT2D eigenvalue weighted by Crippen LogP contribution is 2.29. The summed E-state index contributed by atoms with van der Waals surface area (Å²) in [4.78, 5) is 32.9. The summed E-state index contributed by atoms with van der Waals surface area (Å²) < 4.78 is 21.0. The first-order valence-electron chi connectivity index (χ1n) is 9.85. The number of piperidine rings is 1. The monoisotopic (exact) mass is 400 g/mol. The molecular weight excluding hydrogens is 375 g/mol. The molecule has 0 bridgehead atoms. The molecule has 0 spiro atoms. The number of hydrogen-bond donors (Lipinski definition) is 0. The van der Waals surface area contributed by atoms with Crippen molar-refractivity contribution in [1.82, 2.24) is 19.4 Å². The molecule has 29 heavy (non-hydrogen) atoms. The number of rotatable bonds is 3. The Kier molecular flexibility index (Phi) is 5.36. The topological polar surface area (TPSA) is 67.7 Å². The third-order valence-corrected chi connectivity index (χ3v) is 5.75. The van der Waals surface area contributed by atoms with Crippen molar-refractivity contribution in [2.75, 3.05) is 27.2 Å². The van der Waals surface area contributed by atoms with Crippen LogP contribution in [-0.4, -0.2) is 58.4 Å². The molecule has 0 aliphatic carbocycles. The summed E-state index contributed by atoms with van der Waals surface area (Å²) in [5.41, 5.74) is 2.08. The Balaban J connectivity index is 1.42. The molecule has 1 aromatic carbocycles. The van der Waals surface area contributed by atoms with E-state index in [4.69, 9.17) is 4.74 Å². The third-order valence-electron chi connectivity index (χ3n) is 5.75. The molecule has 2 aliphatic heterocycles. The number of imidazole rings is 1. The molecule has 1 saturated heterocycles. The van der Waals surface area contributed by atoms with Gasteiger partial charge in [-0.1, -0.05) is 12.1 Å². The lowest BCUT2D eigenvalue weighted by molar-refractivity contribution is -0.134. The third kappa shape index (κ3) is 3.89. The zero-order valence-corrected chi connectivity index (χ0v) is 16.7. The fraction of sp³-hybridized carbons (Fsp3) is 0.476. The van der Waals surface area contributed by atoms with Gasteiger partial charge in [0.2, 0.25) is 5.91 Å². The predicted molar refractivity (Wildman–Crippen MR) is 103 cm³/mol. The normalized spacial score (nSPS) is 19.7. The van der Waals surface area contributed by atoms with Crippen molar-refractivity contribution in [2.45, 2.75) is 32.1 Å². The van der Waals surface area contributed by atoms with Crippen LogP contribution in [0.1, 0.15) is 40.7 Å². The fourth-order valence-corrected chi connectivity index (χ4v) is 4.03. The van der Waals surface area contributed by atoms with Crippen LogP contribution in [0.2, 0.25) is 0 Å². The van der Waals surface area contributed by atoms with Crippen molar-refractivity contribution >= 4 is 11.8 Å². The smallest absolute Gasteiger partial charge is 0.274 e. The van der Waals surface area contributed by atoms with E-state index >= 15 is 0 Å². The van der Waals surface area contributed by atoms with E-state index in [2.05, 4.69) is 4.98 Å². The molecule has 7 nitrogen and oxygen atoms in total. The number of carbonyl (C=O) groups excluding carboxylic acids is 2. The summed E-state index contributed by atoms with van der Waals surface area (Å²) in [6, 6.07) is 6.27. The van der Waals surface area contributed by atoms with Crippen LogP contribution in [-0.2, 0) is 22.7 Å². The van der Waals surface area contributed by atoms with Gasteiger partial charge >= 0.3 is 0 Å². The highest BCUT2D eigenvalue weighted by Gasteiger charge is 2.32. The zero-order chi connectivity index (χ0) is 20.5. The van der Waals surface area contributed by atoms with Crippen LogP contribution >= 0.6 is 0 Å². The molecule has 0 N–H and O–H groups in total. The van der Waals surface area contributed by atoms with Crippen LogP contribution in [0, 0.1) is 11.7 Å². The lowest BCUT2D eigenvalue weighted by atomic mass is 9.95. The standard InChI is InChI=1S/C21H25FN4O3/c1-24(2)20(27)15-7-9-25(10-8-15)21(28)19-17-12-29-18(11-26(17)13-23-19)14-3-5-16(22)6-4-14/h3-6,13,15,18H,7-12H2,1-2H3. The first-order chi connectivity index (χ1) is 13.9. The Labute approximate surface area is 169 Å². The van der Waals surface area contributed by atoms with Gasteiger partial charge in [0, 0.05) is 33.1 Å². The molecule has 3 heterocycles. The highest BCUT2D eigenvalue weighted by atomic mass is 19.1. The molecule has 154 valence electrons. The second-order valence-electron chi connectivity index (χ2n) is 7.84. The zero-order valence-electron chi connectivity index (χ0n) is 16.7. The van der Waals surface area contributed by atoms with Gasteiger partial charge in [-0.2, -0.15) is 0 Å². The average molecular weight is 400 g/mol. The maximum absolute atomic E-state index is 13.2. The van der Waals surface area contributed by atoms with Crippen LogP contribution < -0.4 is 0 Å². The number of aromatic nitrogens is 2. The summed E-state index contributed by atoms with van der Waals surface area (Å²) >= 11 is 0. The van der Waals surface area contributed by atoms with Crippen LogP contribution in [0.25, 0.3) is 0 Å². The molecule has 0 saturated carbocycles. The van der Waals surface area contributed by atoms with E-state index in [9.17, 15) is 14.0 Å². The Morgan fingerprint density at radius 3 is 2.52 bits per heavy atom. The SMILES string of the molecule is CN(C)C(=O)C1CCN(C(=O)c2ncn3c2COC(c2ccc(F)cc2)C3)CC1. The maximum Gasteiger partial charge on any atom is 0.274 e. The van der Waals surface area contributed by atoms with E-state index in [1.165, 1.54) is 12.1 Å². The van der Waals surface area contributed by atoms with Crippen LogP contribution in [0.15, 0.2) is 30.6 Å². The van der Waals surface area contributed by atoms with Gasteiger partial charge in [0.25, 0.3) is 5.91 Å². The number of nitrogens with zero attached hydrogens (tertiary/aromatic N) is 4. The lowest BCUT2D eigenvalue weighted by Crippen LogP contribution is -2.43. The Bertz CT molecular complexity index is 901. The van der Waals surface area contributed by atoms with Crippen molar-refractivity contribution in [3.63, 3.8) is 0 Å². The number of fused-ring (bicyclic) bond motifs is 1.